The van der Waals surface area contributed by atoms with Crippen molar-refractivity contribution >= 4 is 28.6 Å². The first-order valence-corrected chi connectivity index (χ1v) is 10.9. The average Bonchev–Trinajstić information content (AvgIpc) is 2.76. The topological polar surface area (TPSA) is 64.4 Å². The minimum Gasteiger partial charge on any atom is -0.497 e. The molecule has 0 bridgehead atoms. The third-order valence-corrected chi connectivity index (χ3v) is 5.90. The van der Waals surface area contributed by atoms with Crippen molar-refractivity contribution in [3.63, 3.8) is 0 Å². The zero-order chi connectivity index (χ0) is 21.5. The van der Waals surface area contributed by atoms with Gasteiger partial charge in [-0.2, -0.15) is 0 Å². The molecule has 1 aromatic heterocycles. The van der Waals surface area contributed by atoms with Gasteiger partial charge >= 0.3 is 0 Å². The number of unbranched alkanes of at least 4 members (excludes halogenated alkanes) is 1. The summed E-state index contributed by atoms with van der Waals surface area (Å²) in [5.74, 6) is 1.72. The lowest BCUT2D eigenvalue weighted by Crippen LogP contribution is -2.24. The summed E-state index contributed by atoms with van der Waals surface area (Å²) >= 11 is 1.57. The van der Waals surface area contributed by atoms with E-state index in [1.54, 1.807) is 42.4 Å². The highest BCUT2D eigenvalue weighted by atomic mass is 32.2. The van der Waals surface area contributed by atoms with E-state index in [4.69, 9.17) is 9.72 Å². The molecule has 7 heteroatoms. The van der Waals surface area contributed by atoms with Gasteiger partial charge < -0.3 is 9.64 Å². The minimum atomic E-state index is -0.0401. The van der Waals surface area contributed by atoms with Crippen LogP contribution in [0, 0.1) is 0 Å². The SMILES string of the molecule is COc1ccc(Cn2c(SCCCCC(=O)N(C)C)nc3ccccc3c2=O)cc1. The van der Waals surface area contributed by atoms with Gasteiger partial charge in [0.2, 0.25) is 5.91 Å². The third kappa shape index (κ3) is 5.42. The number of hydrogen-bond acceptors (Lipinski definition) is 5. The Bertz CT molecular complexity index is 1060. The number of thioether (sulfide) groups is 1. The first-order valence-electron chi connectivity index (χ1n) is 9.95. The molecule has 0 aliphatic rings. The standard InChI is InChI=1S/C23H27N3O3S/c1-25(2)21(27)10-6-7-15-30-23-24-20-9-5-4-8-19(20)22(28)26(23)16-17-11-13-18(29-3)14-12-17/h4-5,8-9,11-14H,6-7,10,15-16H2,1-3H3. The Balaban J connectivity index is 1.79. The summed E-state index contributed by atoms with van der Waals surface area (Å²) in [5, 5.41) is 1.32. The number of carbonyl (C=O) groups is 1. The Morgan fingerprint density at radius 3 is 2.53 bits per heavy atom. The van der Waals surface area contributed by atoms with Crippen molar-refractivity contribution in [2.24, 2.45) is 0 Å². The number of amides is 1. The van der Waals surface area contributed by atoms with Crippen molar-refractivity contribution in [3.8, 4) is 5.75 Å². The zero-order valence-corrected chi connectivity index (χ0v) is 18.4. The fourth-order valence-corrected chi connectivity index (χ4v) is 4.07. The molecule has 1 heterocycles. The van der Waals surface area contributed by atoms with Gasteiger partial charge in [0.25, 0.3) is 5.56 Å². The van der Waals surface area contributed by atoms with Gasteiger partial charge in [0.1, 0.15) is 5.75 Å². The van der Waals surface area contributed by atoms with Gasteiger partial charge in [0.15, 0.2) is 5.16 Å². The lowest BCUT2D eigenvalue weighted by atomic mass is 10.2. The fourth-order valence-electron chi connectivity index (χ4n) is 3.08. The number of rotatable bonds is 9. The van der Waals surface area contributed by atoms with Crippen molar-refractivity contribution in [1.29, 1.82) is 0 Å². The maximum atomic E-state index is 13.2. The van der Waals surface area contributed by atoms with Crippen LogP contribution in [0.5, 0.6) is 5.75 Å². The second kappa shape index (κ2) is 10.3. The summed E-state index contributed by atoms with van der Waals surface area (Å²) in [6.45, 7) is 0.447. The predicted octanol–water partition coefficient (Wildman–Crippen LogP) is 3.80. The quantitative estimate of drug-likeness (QED) is 0.296. The summed E-state index contributed by atoms with van der Waals surface area (Å²) in [6.07, 6.45) is 2.24. The van der Waals surface area contributed by atoms with Crippen LogP contribution < -0.4 is 10.3 Å². The molecule has 0 radical (unpaired) electrons. The highest BCUT2D eigenvalue weighted by molar-refractivity contribution is 7.99. The summed E-state index contributed by atoms with van der Waals surface area (Å²) in [6, 6.07) is 15.1. The number of aromatic nitrogens is 2. The average molecular weight is 426 g/mol. The van der Waals surface area contributed by atoms with Gasteiger partial charge in [-0.05, 0) is 42.7 Å². The van der Waals surface area contributed by atoms with Crippen molar-refractivity contribution in [1.82, 2.24) is 14.5 Å². The van der Waals surface area contributed by atoms with E-state index in [2.05, 4.69) is 0 Å². The summed E-state index contributed by atoms with van der Waals surface area (Å²) in [5.41, 5.74) is 1.67. The van der Waals surface area contributed by atoms with Crippen LogP contribution in [0.4, 0.5) is 0 Å². The molecule has 0 unspecified atom stereocenters. The van der Waals surface area contributed by atoms with Crippen LogP contribution in [0.15, 0.2) is 58.5 Å². The van der Waals surface area contributed by atoms with E-state index in [1.807, 2.05) is 48.5 Å². The van der Waals surface area contributed by atoms with Crippen LogP contribution in [0.3, 0.4) is 0 Å². The van der Waals surface area contributed by atoms with Gasteiger partial charge in [-0.15, -0.1) is 0 Å². The number of benzene rings is 2. The molecule has 0 atom stereocenters. The van der Waals surface area contributed by atoms with Crippen LogP contribution >= 0.6 is 11.8 Å². The van der Waals surface area contributed by atoms with Crippen LogP contribution in [0.25, 0.3) is 10.9 Å². The fraction of sp³-hybridized carbons (Fsp3) is 0.348. The second-order valence-corrected chi connectivity index (χ2v) is 8.31. The molecule has 1 amide bonds. The second-order valence-electron chi connectivity index (χ2n) is 7.24. The van der Waals surface area contributed by atoms with Crippen molar-refractivity contribution in [3.05, 3.63) is 64.4 Å². The van der Waals surface area contributed by atoms with Gasteiger partial charge in [-0.25, -0.2) is 4.98 Å². The van der Waals surface area contributed by atoms with Crippen LogP contribution in [-0.4, -0.2) is 47.3 Å². The van der Waals surface area contributed by atoms with Crippen LogP contribution in [0.1, 0.15) is 24.8 Å². The molecule has 0 N–H and O–H groups in total. The lowest BCUT2D eigenvalue weighted by molar-refractivity contribution is -0.128. The van der Waals surface area contributed by atoms with E-state index >= 15 is 0 Å². The Morgan fingerprint density at radius 1 is 1.10 bits per heavy atom. The molecule has 30 heavy (non-hydrogen) atoms. The molecular weight excluding hydrogens is 398 g/mol. The van der Waals surface area contributed by atoms with Crippen molar-refractivity contribution in [2.75, 3.05) is 27.0 Å². The maximum Gasteiger partial charge on any atom is 0.262 e. The molecule has 6 nitrogen and oxygen atoms in total. The Labute approximate surface area is 180 Å². The number of carbonyl (C=O) groups excluding carboxylic acids is 1. The van der Waals surface area contributed by atoms with Crippen LogP contribution in [0.2, 0.25) is 0 Å². The Morgan fingerprint density at radius 2 is 1.83 bits per heavy atom. The number of nitrogens with zero attached hydrogens (tertiary/aromatic N) is 3. The lowest BCUT2D eigenvalue weighted by Gasteiger charge is -2.14. The predicted molar refractivity (Wildman–Crippen MR) is 121 cm³/mol. The molecule has 0 aliphatic carbocycles. The number of para-hydroxylation sites is 1. The van der Waals surface area contributed by atoms with E-state index in [1.165, 1.54) is 0 Å². The van der Waals surface area contributed by atoms with Gasteiger partial charge in [-0.1, -0.05) is 36.0 Å². The first-order chi connectivity index (χ1) is 14.5. The molecule has 0 aliphatic heterocycles. The normalized spacial score (nSPS) is 10.9. The number of methoxy groups -OCH3 is 1. The van der Waals surface area contributed by atoms with E-state index in [9.17, 15) is 9.59 Å². The largest absolute Gasteiger partial charge is 0.497 e. The summed E-state index contributed by atoms with van der Waals surface area (Å²) in [4.78, 5) is 31.3. The Kier molecular flexibility index (Phi) is 7.52. The molecule has 0 saturated heterocycles. The van der Waals surface area contributed by atoms with Gasteiger partial charge in [0, 0.05) is 26.3 Å². The number of ether oxygens (including phenoxy) is 1. The van der Waals surface area contributed by atoms with Gasteiger partial charge in [-0.3, -0.25) is 14.2 Å². The van der Waals surface area contributed by atoms with Gasteiger partial charge in [0.05, 0.1) is 24.6 Å². The molecule has 3 aromatic rings. The molecule has 0 spiro atoms. The highest BCUT2D eigenvalue weighted by Gasteiger charge is 2.12. The maximum absolute atomic E-state index is 13.2. The molecule has 0 saturated carbocycles. The Hall–Kier alpha value is -2.80. The van der Waals surface area contributed by atoms with Crippen LogP contribution in [-0.2, 0) is 11.3 Å². The molecule has 158 valence electrons. The number of fused-ring (bicyclic) bond motifs is 1. The zero-order valence-electron chi connectivity index (χ0n) is 17.6. The molecule has 0 fully saturated rings. The smallest absolute Gasteiger partial charge is 0.262 e. The molecular formula is C23H27N3O3S. The summed E-state index contributed by atoms with van der Waals surface area (Å²) in [7, 11) is 5.18. The third-order valence-electron chi connectivity index (χ3n) is 4.84. The van der Waals surface area contributed by atoms with Crippen molar-refractivity contribution in [2.45, 2.75) is 31.0 Å². The molecule has 3 rings (SSSR count). The molecule has 2 aromatic carbocycles. The van der Waals surface area contributed by atoms with E-state index in [-0.39, 0.29) is 11.5 Å². The van der Waals surface area contributed by atoms with Crippen molar-refractivity contribution < 1.29 is 9.53 Å². The monoisotopic (exact) mass is 425 g/mol. The minimum absolute atomic E-state index is 0.0401. The van der Waals surface area contributed by atoms with E-state index < -0.39 is 0 Å². The first kappa shape index (κ1) is 21.9. The highest BCUT2D eigenvalue weighted by Crippen LogP contribution is 2.21. The summed E-state index contributed by atoms with van der Waals surface area (Å²) < 4.78 is 6.96. The number of hydrogen-bond donors (Lipinski definition) is 0. The van der Waals surface area contributed by atoms with E-state index in [0.29, 0.717) is 29.0 Å². The van der Waals surface area contributed by atoms with E-state index in [0.717, 1.165) is 29.9 Å².